The number of benzene rings is 1. The van der Waals surface area contributed by atoms with Crippen LogP contribution in [-0.2, 0) is 9.53 Å². The molecule has 1 saturated heterocycles. The first-order valence-electron chi connectivity index (χ1n) is 6.57. The molecule has 4 heteroatoms. The first-order chi connectivity index (χ1) is 8.91. The standard InChI is InChI=1S/C15H21NO3/c1-11-6-4-5-7-13(11)12(2)16-9-15(3,10-16)19-8-14(17)18/h4-7,12H,8-10H2,1-3H3,(H,17,18). The molecule has 1 aliphatic rings. The van der Waals surface area contributed by atoms with E-state index in [-0.39, 0.29) is 12.2 Å². The number of carboxylic acid groups (broad SMARTS) is 1. The molecule has 1 fully saturated rings. The third kappa shape index (κ3) is 3.14. The third-order valence-electron chi connectivity index (χ3n) is 3.81. The number of hydrogen-bond donors (Lipinski definition) is 1. The van der Waals surface area contributed by atoms with Crippen LogP contribution in [0.25, 0.3) is 0 Å². The third-order valence-corrected chi connectivity index (χ3v) is 3.81. The van der Waals surface area contributed by atoms with Gasteiger partial charge in [-0.25, -0.2) is 4.79 Å². The van der Waals surface area contributed by atoms with E-state index < -0.39 is 5.97 Å². The molecule has 0 radical (unpaired) electrons. The Morgan fingerprint density at radius 3 is 2.68 bits per heavy atom. The second kappa shape index (κ2) is 5.31. The Hall–Kier alpha value is -1.39. The Morgan fingerprint density at radius 1 is 1.47 bits per heavy atom. The highest BCUT2D eigenvalue weighted by atomic mass is 16.5. The van der Waals surface area contributed by atoms with Gasteiger partial charge in [0.2, 0.25) is 0 Å². The van der Waals surface area contributed by atoms with Gasteiger partial charge in [0.25, 0.3) is 0 Å². The minimum absolute atomic E-state index is 0.219. The summed E-state index contributed by atoms with van der Waals surface area (Å²) in [6.45, 7) is 7.59. The summed E-state index contributed by atoms with van der Waals surface area (Å²) >= 11 is 0. The molecule has 1 aromatic carbocycles. The summed E-state index contributed by atoms with van der Waals surface area (Å²) in [5.74, 6) is -0.911. The van der Waals surface area contributed by atoms with Crippen molar-refractivity contribution in [2.24, 2.45) is 0 Å². The van der Waals surface area contributed by atoms with Crippen LogP contribution in [0.3, 0.4) is 0 Å². The largest absolute Gasteiger partial charge is 0.480 e. The molecule has 0 aliphatic carbocycles. The molecule has 0 bridgehead atoms. The van der Waals surface area contributed by atoms with E-state index >= 15 is 0 Å². The van der Waals surface area contributed by atoms with Crippen molar-refractivity contribution in [3.05, 3.63) is 35.4 Å². The van der Waals surface area contributed by atoms with Crippen molar-refractivity contribution in [1.29, 1.82) is 0 Å². The van der Waals surface area contributed by atoms with E-state index in [1.807, 2.05) is 13.0 Å². The molecule has 104 valence electrons. The lowest BCUT2D eigenvalue weighted by atomic mass is 9.91. The Bertz CT molecular complexity index is 466. The number of nitrogens with zero attached hydrogens (tertiary/aromatic N) is 1. The Labute approximate surface area is 114 Å². The molecule has 4 nitrogen and oxygen atoms in total. The quantitative estimate of drug-likeness (QED) is 0.885. The Kier molecular flexibility index (Phi) is 3.92. The summed E-state index contributed by atoms with van der Waals surface area (Å²) in [6.07, 6.45) is 0. The van der Waals surface area contributed by atoms with E-state index in [0.29, 0.717) is 6.04 Å². The van der Waals surface area contributed by atoms with Gasteiger partial charge in [0.1, 0.15) is 6.61 Å². The van der Waals surface area contributed by atoms with Crippen LogP contribution in [0.1, 0.15) is 31.0 Å². The van der Waals surface area contributed by atoms with Gasteiger partial charge in [-0.1, -0.05) is 24.3 Å². The van der Waals surface area contributed by atoms with Crippen molar-refractivity contribution in [2.45, 2.75) is 32.4 Å². The first kappa shape index (κ1) is 14.0. The highest BCUT2D eigenvalue weighted by Crippen LogP contribution is 2.33. The Balaban J connectivity index is 1.93. The van der Waals surface area contributed by atoms with Crippen molar-refractivity contribution in [3.63, 3.8) is 0 Å². The van der Waals surface area contributed by atoms with Crippen LogP contribution in [0.15, 0.2) is 24.3 Å². The van der Waals surface area contributed by atoms with Crippen LogP contribution in [-0.4, -0.2) is 41.3 Å². The van der Waals surface area contributed by atoms with Crippen LogP contribution in [0.4, 0.5) is 0 Å². The van der Waals surface area contributed by atoms with E-state index in [9.17, 15) is 4.79 Å². The fraction of sp³-hybridized carbons (Fsp3) is 0.533. The van der Waals surface area contributed by atoms with Gasteiger partial charge >= 0.3 is 5.97 Å². The minimum Gasteiger partial charge on any atom is -0.480 e. The SMILES string of the molecule is Cc1ccccc1C(C)N1CC(C)(OCC(=O)O)C1. The van der Waals surface area contributed by atoms with Crippen LogP contribution in [0, 0.1) is 6.92 Å². The lowest BCUT2D eigenvalue weighted by molar-refractivity contribution is -0.169. The normalized spacial score (nSPS) is 19.7. The van der Waals surface area contributed by atoms with Gasteiger partial charge in [0.05, 0.1) is 5.60 Å². The van der Waals surface area contributed by atoms with E-state index in [2.05, 4.69) is 36.9 Å². The van der Waals surface area contributed by atoms with Crippen molar-refractivity contribution in [3.8, 4) is 0 Å². The van der Waals surface area contributed by atoms with Gasteiger partial charge in [0.15, 0.2) is 0 Å². The van der Waals surface area contributed by atoms with Crippen LogP contribution in [0.5, 0.6) is 0 Å². The average molecular weight is 263 g/mol. The lowest BCUT2D eigenvalue weighted by Crippen LogP contribution is -2.62. The summed E-state index contributed by atoms with van der Waals surface area (Å²) in [5.41, 5.74) is 2.29. The number of carbonyl (C=O) groups is 1. The van der Waals surface area contributed by atoms with E-state index in [1.54, 1.807) is 0 Å². The number of aryl methyl sites for hydroxylation is 1. The summed E-state index contributed by atoms with van der Waals surface area (Å²) in [7, 11) is 0. The molecule has 1 aromatic rings. The predicted octanol–water partition coefficient (Wildman–Crippen LogP) is 2.23. The maximum Gasteiger partial charge on any atom is 0.329 e. The molecule has 0 spiro atoms. The number of likely N-dealkylation sites (tertiary alicyclic amines) is 1. The van der Waals surface area contributed by atoms with E-state index in [4.69, 9.17) is 9.84 Å². The molecule has 1 atom stereocenters. The summed E-state index contributed by atoms with van der Waals surface area (Å²) in [5, 5.41) is 8.65. The summed E-state index contributed by atoms with van der Waals surface area (Å²) in [4.78, 5) is 12.8. The summed E-state index contributed by atoms with van der Waals surface area (Å²) in [6, 6.07) is 8.70. The molecule has 0 saturated carbocycles. The zero-order valence-electron chi connectivity index (χ0n) is 11.7. The van der Waals surface area contributed by atoms with Crippen LogP contribution < -0.4 is 0 Å². The molecule has 1 aliphatic heterocycles. The van der Waals surface area contributed by atoms with Crippen molar-refractivity contribution in [2.75, 3.05) is 19.7 Å². The highest BCUT2D eigenvalue weighted by Gasteiger charge is 2.42. The second-order valence-corrected chi connectivity index (χ2v) is 5.57. The minimum atomic E-state index is -0.911. The van der Waals surface area contributed by atoms with Gasteiger partial charge in [-0.3, -0.25) is 4.90 Å². The molecule has 1 heterocycles. The molecule has 0 amide bonds. The molecular formula is C15H21NO3. The first-order valence-corrected chi connectivity index (χ1v) is 6.57. The molecular weight excluding hydrogens is 242 g/mol. The fourth-order valence-corrected chi connectivity index (χ4v) is 2.67. The van der Waals surface area contributed by atoms with Crippen LogP contribution >= 0.6 is 0 Å². The van der Waals surface area contributed by atoms with Gasteiger partial charge in [0, 0.05) is 19.1 Å². The molecule has 2 rings (SSSR count). The number of rotatable bonds is 5. The monoisotopic (exact) mass is 263 g/mol. The predicted molar refractivity (Wildman–Crippen MR) is 73.2 cm³/mol. The molecule has 0 aromatic heterocycles. The van der Waals surface area contributed by atoms with Gasteiger partial charge in [-0.2, -0.15) is 0 Å². The smallest absolute Gasteiger partial charge is 0.329 e. The van der Waals surface area contributed by atoms with Crippen LogP contribution in [0.2, 0.25) is 0 Å². The average Bonchev–Trinajstić information content (AvgIpc) is 2.33. The van der Waals surface area contributed by atoms with Crippen molar-refractivity contribution >= 4 is 5.97 Å². The topological polar surface area (TPSA) is 49.8 Å². The number of hydrogen-bond acceptors (Lipinski definition) is 3. The zero-order valence-corrected chi connectivity index (χ0v) is 11.7. The van der Waals surface area contributed by atoms with Gasteiger partial charge in [-0.05, 0) is 31.9 Å². The van der Waals surface area contributed by atoms with Gasteiger partial charge in [-0.15, -0.1) is 0 Å². The second-order valence-electron chi connectivity index (χ2n) is 5.57. The van der Waals surface area contributed by atoms with Crippen molar-refractivity contribution < 1.29 is 14.6 Å². The molecule has 1 N–H and O–H groups in total. The van der Waals surface area contributed by atoms with Crippen molar-refractivity contribution in [1.82, 2.24) is 4.90 Å². The number of carboxylic acids is 1. The van der Waals surface area contributed by atoms with Gasteiger partial charge < -0.3 is 9.84 Å². The maximum atomic E-state index is 10.5. The zero-order chi connectivity index (χ0) is 14.0. The number of aliphatic carboxylic acids is 1. The fourth-order valence-electron chi connectivity index (χ4n) is 2.67. The molecule has 1 unspecified atom stereocenters. The highest BCUT2D eigenvalue weighted by molar-refractivity contribution is 5.68. The molecule has 19 heavy (non-hydrogen) atoms. The lowest BCUT2D eigenvalue weighted by Gasteiger charge is -2.50. The Morgan fingerprint density at radius 2 is 2.11 bits per heavy atom. The number of ether oxygens (including phenoxy) is 1. The summed E-state index contributed by atoms with van der Waals surface area (Å²) < 4.78 is 5.43. The van der Waals surface area contributed by atoms with E-state index in [1.165, 1.54) is 11.1 Å². The van der Waals surface area contributed by atoms with E-state index in [0.717, 1.165) is 13.1 Å². The maximum absolute atomic E-state index is 10.5.